The van der Waals surface area contributed by atoms with Gasteiger partial charge >= 0.3 is 0 Å². The molecular weight excluding hydrogens is 256 g/mol. The Labute approximate surface area is 120 Å². The average molecular weight is 282 g/mol. The zero-order valence-corrected chi connectivity index (χ0v) is 13.6. The maximum atomic E-state index is 5.34. The summed E-state index contributed by atoms with van der Waals surface area (Å²) in [5, 5.41) is 4.81. The highest BCUT2D eigenvalue weighted by molar-refractivity contribution is 7.11. The van der Waals surface area contributed by atoms with Crippen LogP contribution >= 0.6 is 11.3 Å². The topological polar surface area (TPSA) is 34.1 Å². The van der Waals surface area contributed by atoms with Crippen molar-refractivity contribution < 1.29 is 4.74 Å². The number of nitrogens with one attached hydrogen (secondary N) is 1. The first-order chi connectivity index (χ1) is 8.89. The van der Waals surface area contributed by atoms with Gasteiger partial charge in [-0.05, 0) is 40.5 Å². The van der Waals surface area contributed by atoms with Crippen molar-refractivity contribution in [3.63, 3.8) is 0 Å². The number of thiazole rings is 1. The van der Waals surface area contributed by atoms with Crippen LogP contribution < -0.4 is 5.32 Å². The van der Waals surface area contributed by atoms with Crippen LogP contribution in [0.3, 0.4) is 0 Å². The summed E-state index contributed by atoms with van der Waals surface area (Å²) in [6.07, 6.45) is 3.80. The van der Waals surface area contributed by atoms with Crippen molar-refractivity contribution in [2.75, 3.05) is 7.11 Å². The molecule has 1 aliphatic rings. The molecule has 3 nitrogen and oxygen atoms in total. The van der Waals surface area contributed by atoms with E-state index in [2.05, 4.69) is 33.0 Å². The van der Waals surface area contributed by atoms with E-state index in [4.69, 9.17) is 9.72 Å². The molecule has 0 spiro atoms. The molecule has 1 atom stereocenters. The number of nitrogens with zero attached hydrogens (tertiary/aromatic N) is 1. The molecule has 2 rings (SSSR count). The van der Waals surface area contributed by atoms with Gasteiger partial charge in [0.1, 0.15) is 0 Å². The zero-order chi connectivity index (χ0) is 14.0. The Hall–Kier alpha value is -0.450. The van der Waals surface area contributed by atoms with E-state index in [1.54, 1.807) is 7.11 Å². The lowest BCUT2D eigenvalue weighted by molar-refractivity contribution is 0.118. The Kier molecular flexibility index (Phi) is 4.64. The fourth-order valence-electron chi connectivity index (χ4n) is 1.98. The predicted molar refractivity (Wildman–Crippen MR) is 80.9 cm³/mol. The second kappa shape index (κ2) is 5.90. The highest BCUT2D eigenvalue weighted by atomic mass is 32.1. The summed E-state index contributed by atoms with van der Waals surface area (Å²) in [5.41, 5.74) is 1.50. The molecule has 1 heterocycles. The fraction of sp³-hybridized carbons (Fsp3) is 0.800. The molecular formula is C15H26N2OS. The molecule has 19 heavy (non-hydrogen) atoms. The first kappa shape index (κ1) is 14.9. The fourth-order valence-corrected chi connectivity index (χ4v) is 3.19. The van der Waals surface area contributed by atoms with E-state index in [-0.39, 0.29) is 11.6 Å². The van der Waals surface area contributed by atoms with E-state index in [9.17, 15) is 0 Å². The van der Waals surface area contributed by atoms with Gasteiger partial charge in [0.05, 0.1) is 16.8 Å². The van der Waals surface area contributed by atoms with Gasteiger partial charge in [-0.25, -0.2) is 4.98 Å². The number of methoxy groups -OCH3 is 1. The van der Waals surface area contributed by atoms with Gasteiger partial charge < -0.3 is 10.1 Å². The maximum Gasteiger partial charge on any atom is 0.0957 e. The first-order valence-electron chi connectivity index (χ1n) is 7.15. The SMILES string of the molecule is COC(C)Cc1nc(C2CC2)c(CNC(C)(C)C)s1. The molecule has 1 aliphatic carbocycles. The summed E-state index contributed by atoms with van der Waals surface area (Å²) in [7, 11) is 1.77. The summed E-state index contributed by atoms with van der Waals surface area (Å²) in [6, 6.07) is 0. The predicted octanol–water partition coefficient (Wildman–Crippen LogP) is 3.49. The van der Waals surface area contributed by atoms with E-state index in [0.29, 0.717) is 0 Å². The van der Waals surface area contributed by atoms with E-state index in [1.807, 2.05) is 11.3 Å². The Bertz CT molecular complexity index is 418. The van der Waals surface area contributed by atoms with Crippen molar-refractivity contribution in [2.24, 2.45) is 0 Å². The number of hydrogen-bond donors (Lipinski definition) is 1. The monoisotopic (exact) mass is 282 g/mol. The number of rotatable bonds is 6. The van der Waals surface area contributed by atoms with Gasteiger partial charge in [0.25, 0.3) is 0 Å². The highest BCUT2D eigenvalue weighted by Gasteiger charge is 2.30. The molecule has 1 N–H and O–H groups in total. The van der Waals surface area contributed by atoms with Gasteiger partial charge in [0.15, 0.2) is 0 Å². The summed E-state index contributed by atoms with van der Waals surface area (Å²) in [5.74, 6) is 0.722. The van der Waals surface area contributed by atoms with E-state index < -0.39 is 0 Å². The second-order valence-electron chi connectivity index (χ2n) is 6.54. The third-order valence-corrected chi connectivity index (χ3v) is 4.47. The van der Waals surface area contributed by atoms with Crippen LogP contribution in [0.5, 0.6) is 0 Å². The molecule has 1 aromatic heterocycles. The lowest BCUT2D eigenvalue weighted by atomic mass is 10.1. The lowest BCUT2D eigenvalue weighted by Crippen LogP contribution is -2.35. The van der Waals surface area contributed by atoms with E-state index >= 15 is 0 Å². The molecule has 4 heteroatoms. The second-order valence-corrected chi connectivity index (χ2v) is 7.71. The van der Waals surface area contributed by atoms with Crippen LogP contribution in [0.4, 0.5) is 0 Å². The summed E-state index contributed by atoms with van der Waals surface area (Å²) < 4.78 is 5.34. The minimum Gasteiger partial charge on any atom is -0.381 e. The number of aromatic nitrogens is 1. The standard InChI is InChI=1S/C15H26N2OS/c1-10(18-5)8-13-17-14(11-6-7-11)12(19-13)9-16-15(2,3)4/h10-11,16H,6-9H2,1-5H3. The van der Waals surface area contributed by atoms with Gasteiger partial charge in [-0.15, -0.1) is 11.3 Å². The summed E-state index contributed by atoms with van der Waals surface area (Å²) in [6.45, 7) is 9.66. The van der Waals surface area contributed by atoms with Crippen molar-refractivity contribution in [2.45, 2.75) is 71.1 Å². The first-order valence-corrected chi connectivity index (χ1v) is 7.97. The van der Waals surface area contributed by atoms with Crippen LogP contribution in [-0.2, 0) is 17.7 Å². The van der Waals surface area contributed by atoms with Crippen LogP contribution in [0.15, 0.2) is 0 Å². The molecule has 1 saturated carbocycles. The average Bonchev–Trinajstić information content (AvgIpc) is 3.08. The van der Waals surface area contributed by atoms with Crippen LogP contribution in [0, 0.1) is 0 Å². The molecule has 0 bridgehead atoms. The quantitative estimate of drug-likeness (QED) is 0.867. The molecule has 0 aliphatic heterocycles. The van der Waals surface area contributed by atoms with Crippen molar-refractivity contribution in [3.8, 4) is 0 Å². The Morgan fingerprint density at radius 2 is 2.11 bits per heavy atom. The van der Waals surface area contributed by atoms with Crippen LogP contribution in [0.1, 0.15) is 62.0 Å². The van der Waals surface area contributed by atoms with Crippen LogP contribution in [-0.4, -0.2) is 23.7 Å². The van der Waals surface area contributed by atoms with Crippen LogP contribution in [0.25, 0.3) is 0 Å². The van der Waals surface area contributed by atoms with Gasteiger partial charge in [0, 0.05) is 36.4 Å². The molecule has 0 aromatic carbocycles. The Morgan fingerprint density at radius 3 is 2.63 bits per heavy atom. The van der Waals surface area contributed by atoms with E-state index in [1.165, 1.54) is 28.4 Å². The third-order valence-electron chi connectivity index (χ3n) is 3.38. The smallest absolute Gasteiger partial charge is 0.0957 e. The highest BCUT2D eigenvalue weighted by Crippen LogP contribution is 2.42. The maximum absolute atomic E-state index is 5.34. The van der Waals surface area contributed by atoms with Crippen LogP contribution in [0.2, 0.25) is 0 Å². The minimum absolute atomic E-state index is 0.158. The van der Waals surface area contributed by atoms with Gasteiger partial charge in [-0.1, -0.05) is 0 Å². The lowest BCUT2D eigenvalue weighted by Gasteiger charge is -2.20. The molecule has 1 fully saturated rings. The largest absolute Gasteiger partial charge is 0.381 e. The minimum atomic E-state index is 0.158. The Morgan fingerprint density at radius 1 is 1.42 bits per heavy atom. The van der Waals surface area contributed by atoms with E-state index in [0.717, 1.165) is 18.9 Å². The van der Waals surface area contributed by atoms with Crippen molar-refractivity contribution in [1.29, 1.82) is 0 Å². The van der Waals surface area contributed by atoms with Gasteiger partial charge in [0.2, 0.25) is 0 Å². The number of hydrogen-bond acceptors (Lipinski definition) is 4. The number of ether oxygens (including phenoxy) is 1. The molecule has 1 aromatic rings. The summed E-state index contributed by atoms with van der Waals surface area (Å²) in [4.78, 5) is 6.29. The normalized spacial score (nSPS) is 17.7. The van der Waals surface area contributed by atoms with Crippen molar-refractivity contribution in [1.82, 2.24) is 10.3 Å². The van der Waals surface area contributed by atoms with Crippen molar-refractivity contribution in [3.05, 3.63) is 15.6 Å². The molecule has 0 amide bonds. The molecule has 0 saturated heterocycles. The molecule has 0 radical (unpaired) electrons. The zero-order valence-electron chi connectivity index (χ0n) is 12.7. The summed E-state index contributed by atoms with van der Waals surface area (Å²) >= 11 is 1.86. The third kappa shape index (κ3) is 4.55. The molecule has 1 unspecified atom stereocenters. The Balaban J connectivity index is 2.07. The molecule has 108 valence electrons. The van der Waals surface area contributed by atoms with Gasteiger partial charge in [-0.3, -0.25) is 0 Å². The van der Waals surface area contributed by atoms with Crippen molar-refractivity contribution >= 4 is 11.3 Å². The van der Waals surface area contributed by atoms with Gasteiger partial charge in [-0.2, -0.15) is 0 Å².